The first-order chi connectivity index (χ1) is 8.50. The van der Waals surface area contributed by atoms with Gasteiger partial charge in [-0.25, -0.2) is 0 Å². The molecule has 0 unspecified atom stereocenters. The summed E-state index contributed by atoms with van der Waals surface area (Å²) in [5.41, 5.74) is -0.483. The highest BCUT2D eigenvalue weighted by Crippen LogP contribution is 2.44. The zero-order valence-electron chi connectivity index (χ0n) is 11.5. The van der Waals surface area contributed by atoms with Crippen molar-refractivity contribution in [2.24, 2.45) is 5.41 Å². The van der Waals surface area contributed by atoms with Gasteiger partial charge in [0.25, 0.3) is 0 Å². The number of carbonyl (C=O) groups is 1. The predicted molar refractivity (Wildman–Crippen MR) is 70.3 cm³/mol. The van der Waals surface area contributed by atoms with Crippen LogP contribution in [0, 0.1) is 5.41 Å². The summed E-state index contributed by atoms with van der Waals surface area (Å²) in [5, 5.41) is 15.6. The van der Waals surface area contributed by atoms with Crippen LogP contribution >= 0.6 is 0 Å². The molecule has 0 bridgehead atoms. The van der Waals surface area contributed by atoms with E-state index in [0.717, 1.165) is 39.0 Å². The standard InChI is InChI=1S/C13H25N3O2/c1-12(2,16-7-5-14-6-8-16)11(18)15-9-13(10-17)3-4-13/h14,17H,3-10H2,1-2H3,(H,15,18). The first-order valence-corrected chi connectivity index (χ1v) is 6.85. The van der Waals surface area contributed by atoms with Gasteiger partial charge in [0.15, 0.2) is 0 Å². The van der Waals surface area contributed by atoms with Crippen LogP contribution in [0.25, 0.3) is 0 Å². The first kappa shape index (κ1) is 13.8. The molecule has 0 aromatic carbocycles. The van der Waals surface area contributed by atoms with Gasteiger partial charge in [0.2, 0.25) is 5.91 Å². The van der Waals surface area contributed by atoms with Crippen LogP contribution in [0.5, 0.6) is 0 Å². The molecule has 0 atom stereocenters. The van der Waals surface area contributed by atoms with Crippen molar-refractivity contribution in [3.63, 3.8) is 0 Å². The highest BCUT2D eigenvalue weighted by atomic mass is 16.3. The monoisotopic (exact) mass is 255 g/mol. The lowest BCUT2D eigenvalue weighted by Gasteiger charge is -2.40. The number of aliphatic hydroxyl groups is 1. The van der Waals surface area contributed by atoms with Crippen molar-refractivity contribution in [3.8, 4) is 0 Å². The summed E-state index contributed by atoms with van der Waals surface area (Å²) in [6.45, 7) is 8.45. The Morgan fingerprint density at radius 2 is 2.00 bits per heavy atom. The summed E-state index contributed by atoms with van der Waals surface area (Å²) >= 11 is 0. The molecular weight excluding hydrogens is 230 g/mol. The Kier molecular flexibility index (Phi) is 3.94. The SMILES string of the molecule is CC(C)(C(=O)NCC1(CO)CC1)N1CCNCC1. The van der Waals surface area contributed by atoms with E-state index in [4.69, 9.17) is 0 Å². The van der Waals surface area contributed by atoms with Crippen LogP contribution in [-0.2, 0) is 4.79 Å². The van der Waals surface area contributed by atoms with E-state index < -0.39 is 5.54 Å². The molecule has 104 valence electrons. The zero-order chi connectivity index (χ0) is 13.2. The van der Waals surface area contributed by atoms with Crippen molar-refractivity contribution in [3.05, 3.63) is 0 Å². The molecular formula is C13H25N3O2. The van der Waals surface area contributed by atoms with E-state index in [0.29, 0.717) is 6.54 Å². The molecule has 0 aromatic rings. The molecule has 1 saturated heterocycles. The lowest BCUT2D eigenvalue weighted by atomic mass is 9.99. The molecule has 2 rings (SSSR count). The number of nitrogens with one attached hydrogen (secondary N) is 2. The van der Waals surface area contributed by atoms with Crippen molar-refractivity contribution in [1.82, 2.24) is 15.5 Å². The summed E-state index contributed by atoms with van der Waals surface area (Å²) in [6.07, 6.45) is 2.05. The lowest BCUT2D eigenvalue weighted by molar-refractivity contribution is -0.132. The normalized spacial score (nSPS) is 23.7. The Morgan fingerprint density at radius 1 is 1.39 bits per heavy atom. The number of piperazine rings is 1. The molecule has 1 heterocycles. The molecule has 1 aliphatic heterocycles. The topological polar surface area (TPSA) is 64.6 Å². The van der Waals surface area contributed by atoms with Gasteiger partial charge in [0.1, 0.15) is 0 Å². The fourth-order valence-corrected chi connectivity index (χ4v) is 2.42. The molecule has 3 N–H and O–H groups in total. The Balaban J connectivity index is 1.86. The van der Waals surface area contributed by atoms with Crippen LogP contribution < -0.4 is 10.6 Å². The van der Waals surface area contributed by atoms with E-state index in [2.05, 4.69) is 15.5 Å². The summed E-state index contributed by atoms with van der Waals surface area (Å²) in [7, 11) is 0. The minimum absolute atomic E-state index is 0.0187. The van der Waals surface area contributed by atoms with E-state index in [9.17, 15) is 9.90 Å². The molecule has 1 aliphatic carbocycles. The van der Waals surface area contributed by atoms with Crippen molar-refractivity contribution < 1.29 is 9.90 Å². The summed E-state index contributed by atoms with van der Waals surface area (Å²) in [4.78, 5) is 14.5. The quantitative estimate of drug-likeness (QED) is 0.623. The zero-order valence-corrected chi connectivity index (χ0v) is 11.5. The number of carbonyl (C=O) groups excluding carboxylic acids is 1. The fraction of sp³-hybridized carbons (Fsp3) is 0.923. The number of rotatable bonds is 5. The van der Waals surface area contributed by atoms with E-state index in [1.165, 1.54) is 0 Å². The maximum absolute atomic E-state index is 12.3. The second-order valence-electron chi connectivity index (χ2n) is 6.14. The minimum Gasteiger partial charge on any atom is -0.396 e. The van der Waals surface area contributed by atoms with Crippen LogP contribution in [0.1, 0.15) is 26.7 Å². The van der Waals surface area contributed by atoms with E-state index in [1.54, 1.807) is 0 Å². The van der Waals surface area contributed by atoms with Gasteiger partial charge < -0.3 is 15.7 Å². The Morgan fingerprint density at radius 3 is 2.50 bits per heavy atom. The fourth-order valence-electron chi connectivity index (χ4n) is 2.42. The number of amides is 1. The molecule has 2 aliphatic rings. The maximum atomic E-state index is 12.3. The van der Waals surface area contributed by atoms with Crippen LogP contribution in [0.15, 0.2) is 0 Å². The summed E-state index contributed by atoms with van der Waals surface area (Å²) in [5.74, 6) is 0.0733. The van der Waals surface area contributed by atoms with Gasteiger partial charge in [0.05, 0.1) is 12.1 Å². The Bertz CT molecular complexity index is 307. The van der Waals surface area contributed by atoms with Gasteiger partial charge in [-0.2, -0.15) is 0 Å². The number of nitrogens with zero attached hydrogens (tertiary/aromatic N) is 1. The molecule has 5 nitrogen and oxygen atoms in total. The highest BCUT2D eigenvalue weighted by molar-refractivity contribution is 5.85. The van der Waals surface area contributed by atoms with Gasteiger partial charge in [0, 0.05) is 38.1 Å². The summed E-state index contributed by atoms with van der Waals surface area (Å²) in [6, 6.07) is 0. The van der Waals surface area contributed by atoms with E-state index in [1.807, 2.05) is 13.8 Å². The largest absolute Gasteiger partial charge is 0.396 e. The second kappa shape index (κ2) is 5.15. The van der Waals surface area contributed by atoms with Crippen molar-refractivity contribution in [1.29, 1.82) is 0 Å². The van der Waals surface area contributed by atoms with Gasteiger partial charge in [-0.3, -0.25) is 9.69 Å². The van der Waals surface area contributed by atoms with Gasteiger partial charge in [-0.15, -0.1) is 0 Å². The van der Waals surface area contributed by atoms with Gasteiger partial charge >= 0.3 is 0 Å². The molecule has 0 radical (unpaired) electrons. The Hall–Kier alpha value is -0.650. The van der Waals surface area contributed by atoms with Gasteiger partial charge in [-0.05, 0) is 26.7 Å². The average Bonchev–Trinajstić information content (AvgIpc) is 3.17. The molecule has 18 heavy (non-hydrogen) atoms. The maximum Gasteiger partial charge on any atom is 0.239 e. The third-order valence-electron chi connectivity index (χ3n) is 4.38. The van der Waals surface area contributed by atoms with Crippen molar-refractivity contribution in [2.75, 3.05) is 39.3 Å². The third kappa shape index (κ3) is 2.84. The number of aliphatic hydroxyl groups excluding tert-OH is 1. The van der Waals surface area contributed by atoms with E-state index >= 15 is 0 Å². The predicted octanol–water partition coefficient (Wildman–Crippen LogP) is -0.441. The first-order valence-electron chi connectivity index (χ1n) is 6.85. The van der Waals surface area contributed by atoms with Crippen molar-refractivity contribution >= 4 is 5.91 Å². The molecule has 1 amide bonds. The Labute approximate surface area is 109 Å². The third-order valence-corrected chi connectivity index (χ3v) is 4.38. The minimum atomic E-state index is -0.465. The van der Waals surface area contributed by atoms with Crippen LogP contribution in [-0.4, -0.2) is 60.8 Å². The second-order valence-corrected chi connectivity index (χ2v) is 6.14. The highest BCUT2D eigenvalue weighted by Gasteiger charge is 2.43. The summed E-state index contributed by atoms with van der Waals surface area (Å²) < 4.78 is 0. The average molecular weight is 255 g/mol. The molecule has 1 saturated carbocycles. The number of hydrogen-bond acceptors (Lipinski definition) is 4. The molecule has 2 fully saturated rings. The van der Waals surface area contributed by atoms with Crippen molar-refractivity contribution in [2.45, 2.75) is 32.2 Å². The number of hydrogen-bond donors (Lipinski definition) is 3. The molecule has 5 heteroatoms. The molecule has 0 aromatic heterocycles. The van der Waals surface area contributed by atoms with E-state index in [-0.39, 0.29) is 17.9 Å². The van der Waals surface area contributed by atoms with Crippen LogP contribution in [0.2, 0.25) is 0 Å². The van der Waals surface area contributed by atoms with Crippen LogP contribution in [0.4, 0.5) is 0 Å². The smallest absolute Gasteiger partial charge is 0.239 e. The molecule has 0 spiro atoms. The lowest BCUT2D eigenvalue weighted by Crippen LogP contribution is -2.60. The van der Waals surface area contributed by atoms with Crippen LogP contribution in [0.3, 0.4) is 0 Å². The van der Waals surface area contributed by atoms with Gasteiger partial charge in [-0.1, -0.05) is 0 Å².